The van der Waals surface area contributed by atoms with Crippen LogP contribution in [0.5, 0.6) is 0 Å². The van der Waals surface area contributed by atoms with Gasteiger partial charge in [-0.2, -0.15) is 0 Å². The first-order chi connectivity index (χ1) is 45.2. The Morgan fingerprint density at radius 3 is 1.02 bits per heavy atom. The first-order valence-electron chi connectivity index (χ1n) is 33.6. The van der Waals surface area contributed by atoms with Crippen LogP contribution in [-0.2, 0) is 21.7 Å². The number of fused-ring (bicyclic) bond motifs is 14. The highest BCUT2D eigenvalue weighted by Crippen LogP contribution is 2.54. The zero-order valence-corrected chi connectivity index (χ0v) is 56.0. The molecule has 0 aliphatic carbocycles. The highest BCUT2D eigenvalue weighted by molar-refractivity contribution is 6.32. The number of nitrogens with zero attached hydrogens (tertiary/aromatic N) is 4. The number of benzene rings is 13. The molecule has 94 heavy (non-hydrogen) atoms. The van der Waals surface area contributed by atoms with E-state index in [0.717, 1.165) is 34.1 Å². The monoisotopic (exact) mass is 1210 g/mol. The highest BCUT2D eigenvalue weighted by Gasteiger charge is 2.32. The third-order valence-corrected chi connectivity index (χ3v) is 20.5. The maximum Gasteiger partial charge on any atom is 0.0641 e. The van der Waals surface area contributed by atoms with E-state index in [1.165, 1.54) is 142 Å². The van der Waals surface area contributed by atoms with Crippen molar-refractivity contribution < 1.29 is 0 Å². The van der Waals surface area contributed by atoms with Crippen LogP contribution in [0.15, 0.2) is 255 Å². The van der Waals surface area contributed by atoms with Gasteiger partial charge in [-0.05, 0) is 174 Å². The maximum absolute atomic E-state index is 2.62. The van der Waals surface area contributed by atoms with E-state index in [-0.39, 0.29) is 21.7 Å². The average Bonchev–Trinajstić information content (AvgIpc) is 1.51. The molecule has 13 aromatic carbocycles. The van der Waals surface area contributed by atoms with E-state index in [1.807, 2.05) is 0 Å². The van der Waals surface area contributed by atoms with Crippen molar-refractivity contribution in [3.63, 3.8) is 0 Å². The summed E-state index contributed by atoms with van der Waals surface area (Å²) in [5.74, 6) is 0. The minimum Gasteiger partial charge on any atom is -0.309 e. The lowest BCUT2D eigenvalue weighted by molar-refractivity contribution is 0.590. The van der Waals surface area contributed by atoms with Gasteiger partial charge in [0.1, 0.15) is 0 Å². The molecule has 0 amide bonds. The molecule has 0 unspecified atom stereocenters. The fourth-order valence-corrected chi connectivity index (χ4v) is 15.5. The van der Waals surface area contributed by atoms with Crippen molar-refractivity contribution in [2.24, 2.45) is 0 Å². The molecule has 4 heteroatoms. The summed E-state index contributed by atoms with van der Waals surface area (Å²) in [5.41, 5.74) is 23.7. The van der Waals surface area contributed by atoms with Crippen LogP contribution in [-0.4, -0.2) is 8.80 Å². The molecule has 17 rings (SSSR count). The summed E-state index contributed by atoms with van der Waals surface area (Å²) >= 11 is 0. The quantitative estimate of drug-likeness (QED) is 0.151. The van der Waals surface area contributed by atoms with Gasteiger partial charge in [-0.1, -0.05) is 241 Å². The molecule has 0 spiro atoms. The Bertz CT molecular complexity index is 5550. The van der Waals surface area contributed by atoms with Gasteiger partial charge in [0, 0.05) is 65.6 Å². The summed E-state index contributed by atoms with van der Waals surface area (Å²) in [6, 6.07) is 97.3. The molecular weight excluding hydrogens is 1140 g/mol. The predicted molar refractivity (Wildman–Crippen MR) is 406 cm³/mol. The molecule has 4 aromatic heterocycles. The van der Waals surface area contributed by atoms with Crippen molar-refractivity contribution >= 4 is 132 Å². The standard InChI is InChI=1S/C90H78N4/c1-87(2,3)61-27-21-29-65(49-61)91(75-33-19-17-31-67(75)59-37-35-55-23-13-15-25-57(55)47-59)79-45-41-69-71-53-82-72(54-81(71)93-77-43-39-63(89(7,8)9)51-73(77)83(79)85(69)93)70-42-46-80(84-74-52-64(90(10,11)12)40-44-78(74)94(82)86(70)84)92(66-30-22-28-62(50-66)88(4,5)6)76-34-20-18-32-68(76)60-38-36-56-24-14-16-26-58(56)48-60/h13-54H,1-12H3. The maximum atomic E-state index is 2.62. The lowest BCUT2D eigenvalue weighted by atomic mass is 9.86. The normalized spacial score (nSPS) is 12.9. The molecule has 0 aliphatic rings. The summed E-state index contributed by atoms with van der Waals surface area (Å²) < 4.78 is 5.23. The second-order valence-corrected chi connectivity index (χ2v) is 30.7. The van der Waals surface area contributed by atoms with Gasteiger partial charge in [0.15, 0.2) is 0 Å². The first kappa shape index (κ1) is 57.5. The van der Waals surface area contributed by atoms with Crippen LogP contribution >= 0.6 is 0 Å². The van der Waals surface area contributed by atoms with Crippen molar-refractivity contribution in [3.8, 4) is 22.3 Å². The summed E-state index contributed by atoms with van der Waals surface area (Å²) in [4.78, 5) is 5.14. The smallest absolute Gasteiger partial charge is 0.0641 e. The second-order valence-electron chi connectivity index (χ2n) is 30.7. The molecule has 0 atom stereocenters. The van der Waals surface area contributed by atoms with Crippen molar-refractivity contribution in [3.05, 3.63) is 277 Å². The summed E-state index contributed by atoms with van der Waals surface area (Å²) in [5, 5.41) is 14.9. The third kappa shape index (κ3) is 8.93. The van der Waals surface area contributed by atoms with Crippen LogP contribution in [0.1, 0.15) is 105 Å². The zero-order valence-electron chi connectivity index (χ0n) is 56.0. The van der Waals surface area contributed by atoms with E-state index < -0.39 is 0 Å². The van der Waals surface area contributed by atoms with Crippen LogP contribution in [0.25, 0.3) is 120 Å². The number of anilines is 6. The van der Waals surface area contributed by atoms with Gasteiger partial charge < -0.3 is 18.6 Å². The zero-order chi connectivity index (χ0) is 64.5. The molecule has 458 valence electrons. The number of aromatic nitrogens is 2. The van der Waals surface area contributed by atoms with E-state index in [1.54, 1.807) is 0 Å². The lowest BCUT2D eigenvalue weighted by Gasteiger charge is -2.30. The fraction of sp³-hybridized carbons (Fsp3) is 0.178. The van der Waals surface area contributed by atoms with Crippen molar-refractivity contribution in [1.82, 2.24) is 8.80 Å². The molecule has 0 bridgehead atoms. The van der Waals surface area contributed by atoms with Crippen LogP contribution < -0.4 is 9.80 Å². The van der Waals surface area contributed by atoms with E-state index >= 15 is 0 Å². The van der Waals surface area contributed by atoms with E-state index in [4.69, 9.17) is 0 Å². The van der Waals surface area contributed by atoms with Gasteiger partial charge >= 0.3 is 0 Å². The van der Waals surface area contributed by atoms with Gasteiger partial charge in [0.25, 0.3) is 0 Å². The van der Waals surface area contributed by atoms with Crippen molar-refractivity contribution in [2.75, 3.05) is 9.80 Å². The van der Waals surface area contributed by atoms with Gasteiger partial charge in [-0.15, -0.1) is 0 Å². The molecule has 0 radical (unpaired) electrons. The van der Waals surface area contributed by atoms with E-state index in [0.29, 0.717) is 0 Å². The van der Waals surface area contributed by atoms with Crippen molar-refractivity contribution in [2.45, 2.75) is 105 Å². The Balaban J connectivity index is 0.961. The van der Waals surface area contributed by atoms with Crippen LogP contribution in [0.2, 0.25) is 0 Å². The first-order valence-corrected chi connectivity index (χ1v) is 33.6. The molecule has 0 saturated carbocycles. The second kappa shape index (κ2) is 20.5. The third-order valence-electron chi connectivity index (χ3n) is 20.5. The van der Waals surface area contributed by atoms with Crippen molar-refractivity contribution in [1.29, 1.82) is 0 Å². The fourth-order valence-electron chi connectivity index (χ4n) is 15.5. The topological polar surface area (TPSA) is 15.3 Å². The van der Waals surface area contributed by atoms with E-state index in [2.05, 4.69) is 356 Å². The largest absolute Gasteiger partial charge is 0.309 e. The number of hydrogen-bond donors (Lipinski definition) is 0. The molecule has 17 aromatic rings. The Kier molecular flexibility index (Phi) is 12.6. The number of hydrogen-bond acceptors (Lipinski definition) is 2. The Hall–Kier alpha value is -10.4. The Labute approximate surface area is 551 Å². The minimum absolute atomic E-state index is 0.0751. The van der Waals surface area contributed by atoms with Gasteiger partial charge in [0.05, 0.1) is 55.8 Å². The molecule has 0 N–H and O–H groups in total. The molecule has 0 saturated heterocycles. The Morgan fingerprint density at radius 2 is 0.617 bits per heavy atom. The average molecular weight is 1220 g/mol. The minimum atomic E-state index is -0.0858. The molecule has 0 aliphatic heterocycles. The number of para-hydroxylation sites is 2. The van der Waals surface area contributed by atoms with Gasteiger partial charge in [-0.25, -0.2) is 0 Å². The molecule has 4 heterocycles. The SMILES string of the molecule is CC(C)(C)c1cccc(N(c2ccccc2-c2ccc3ccccc3c2)c2ccc3c4cc5c(cc4n4c6ccc(C(C)(C)C)cc6c2c34)c2ccc(N(c3cccc(C(C)(C)C)c3)c3ccccc3-c3ccc4ccccc4c3)c3c4cc(C(C)(C)C)ccc4n5c23)c1. The highest BCUT2D eigenvalue weighted by atomic mass is 15.2. The van der Waals surface area contributed by atoms with Crippen LogP contribution in [0.4, 0.5) is 34.1 Å². The summed E-state index contributed by atoms with van der Waals surface area (Å²) in [6.45, 7) is 28.0. The van der Waals surface area contributed by atoms with E-state index in [9.17, 15) is 0 Å². The molecule has 0 fully saturated rings. The van der Waals surface area contributed by atoms with Crippen LogP contribution in [0.3, 0.4) is 0 Å². The summed E-state index contributed by atoms with van der Waals surface area (Å²) in [7, 11) is 0. The Morgan fingerprint density at radius 1 is 0.245 bits per heavy atom. The predicted octanol–water partition coefficient (Wildman–Crippen LogP) is 25.8. The van der Waals surface area contributed by atoms with Gasteiger partial charge in [0.2, 0.25) is 0 Å². The molecular formula is C90H78N4. The number of rotatable bonds is 8. The summed E-state index contributed by atoms with van der Waals surface area (Å²) in [6.07, 6.45) is 0. The van der Waals surface area contributed by atoms with Crippen LogP contribution in [0, 0.1) is 0 Å². The lowest BCUT2D eigenvalue weighted by Crippen LogP contribution is -2.15. The van der Waals surface area contributed by atoms with Gasteiger partial charge in [-0.3, -0.25) is 0 Å². The molecule has 4 nitrogen and oxygen atoms in total.